The van der Waals surface area contributed by atoms with Crippen LogP contribution in [0.2, 0.25) is 0 Å². The number of nitrogens with zero attached hydrogens (tertiary/aromatic N) is 2. The van der Waals surface area contributed by atoms with E-state index in [1.165, 1.54) is 17.0 Å². The molecule has 142 valence electrons. The molecule has 0 bridgehead atoms. The zero-order valence-corrected chi connectivity index (χ0v) is 15.4. The monoisotopic (exact) mass is 386 g/mol. The largest absolute Gasteiger partial charge is 0.450 e. The number of hydrogen-bond acceptors (Lipinski definition) is 4. The van der Waals surface area contributed by atoms with Gasteiger partial charge in [-0.2, -0.15) is 0 Å². The van der Waals surface area contributed by atoms with Crippen LogP contribution >= 0.6 is 0 Å². The number of fused-ring (bicyclic) bond motifs is 2. The molecule has 2 aromatic heterocycles. The summed E-state index contributed by atoms with van der Waals surface area (Å²) in [5.41, 5.74) is 1.83. The van der Waals surface area contributed by atoms with Crippen molar-refractivity contribution in [3.8, 4) is 0 Å². The first-order chi connectivity index (χ1) is 14.0. The van der Waals surface area contributed by atoms with E-state index in [-0.39, 0.29) is 16.8 Å². The van der Waals surface area contributed by atoms with Gasteiger partial charge in [-0.3, -0.25) is 14.5 Å². The van der Waals surface area contributed by atoms with Gasteiger partial charge in [-0.25, -0.2) is 9.37 Å². The first kappa shape index (κ1) is 17.3. The summed E-state index contributed by atoms with van der Waals surface area (Å²) >= 11 is 0. The third kappa shape index (κ3) is 2.64. The van der Waals surface area contributed by atoms with Crippen molar-refractivity contribution in [3.63, 3.8) is 0 Å². The van der Waals surface area contributed by atoms with E-state index in [2.05, 4.69) is 4.98 Å². The summed E-state index contributed by atoms with van der Waals surface area (Å²) in [7, 11) is 0. The molecule has 0 saturated carbocycles. The molecule has 29 heavy (non-hydrogen) atoms. The Bertz CT molecular complexity index is 1330. The zero-order valence-electron chi connectivity index (χ0n) is 15.4. The Kier molecular flexibility index (Phi) is 3.81. The molecule has 0 N–H and O–H groups in total. The van der Waals surface area contributed by atoms with Crippen molar-refractivity contribution in [3.05, 3.63) is 105 Å². The lowest BCUT2D eigenvalue weighted by Crippen LogP contribution is -2.30. The second-order valence-electron chi connectivity index (χ2n) is 6.99. The molecular formula is C23H15FN2O3. The molecule has 5 nitrogen and oxygen atoms in total. The molecule has 5 rings (SSSR count). The first-order valence-corrected chi connectivity index (χ1v) is 9.12. The van der Waals surface area contributed by atoms with Crippen LogP contribution in [-0.2, 0) is 0 Å². The van der Waals surface area contributed by atoms with Crippen molar-refractivity contribution >= 4 is 22.7 Å². The highest BCUT2D eigenvalue weighted by atomic mass is 19.1. The van der Waals surface area contributed by atoms with Crippen molar-refractivity contribution in [1.29, 1.82) is 0 Å². The van der Waals surface area contributed by atoms with Gasteiger partial charge < -0.3 is 4.42 Å². The second-order valence-corrected chi connectivity index (χ2v) is 6.99. The number of rotatable bonds is 2. The molecule has 0 spiro atoms. The van der Waals surface area contributed by atoms with Gasteiger partial charge in [-0.15, -0.1) is 0 Å². The summed E-state index contributed by atoms with van der Waals surface area (Å²) in [6.07, 6.45) is 1.61. The Morgan fingerprint density at radius 1 is 1.03 bits per heavy atom. The van der Waals surface area contributed by atoms with Gasteiger partial charge in [0.1, 0.15) is 17.2 Å². The lowest BCUT2D eigenvalue weighted by atomic mass is 9.98. The minimum Gasteiger partial charge on any atom is -0.450 e. The van der Waals surface area contributed by atoms with Gasteiger partial charge in [-0.1, -0.05) is 24.3 Å². The fraction of sp³-hybridized carbons (Fsp3) is 0.0870. The van der Waals surface area contributed by atoms with Crippen LogP contribution in [0, 0.1) is 12.7 Å². The van der Waals surface area contributed by atoms with Crippen molar-refractivity contribution in [2.75, 3.05) is 4.90 Å². The summed E-state index contributed by atoms with van der Waals surface area (Å²) in [4.78, 5) is 32.4. The Labute approximate surface area is 165 Å². The predicted molar refractivity (Wildman–Crippen MR) is 107 cm³/mol. The van der Waals surface area contributed by atoms with Gasteiger partial charge >= 0.3 is 0 Å². The molecule has 4 aromatic rings. The van der Waals surface area contributed by atoms with Crippen molar-refractivity contribution in [1.82, 2.24) is 4.98 Å². The highest BCUT2D eigenvalue weighted by Gasteiger charge is 2.44. The van der Waals surface area contributed by atoms with Crippen molar-refractivity contribution < 1.29 is 13.6 Å². The maximum Gasteiger partial charge on any atom is 0.296 e. The van der Waals surface area contributed by atoms with Crippen LogP contribution in [0.25, 0.3) is 11.0 Å². The van der Waals surface area contributed by atoms with E-state index in [1.54, 1.807) is 48.7 Å². The molecule has 0 radical (unpaired) electrons. The Balaban J connectivity index is 1.82. The van der Waals surface area contributed by atoms with Crippen LogP contribution in [0.15, 0.2) is 76.1 Å². The fourth-order valence-corrected chi connectivity index (χ4v) is 3.77. The summed E-state index contributed by atoms with van der Waals surface area (Å²) in [6.45, 7) is 1.89. The Morgan fingerprint density at radius 2 is 1.79 bits per heavy atom. The predicted octanol–water partition coefficient (Wildman–Crippen LogP) is 4.39. The molecule has 0 fully saturated rings. The normalized spacial score (nSPS) is 15.7. The average Bonchev–Trinajstić information content (AvgIpc) is 3.02. The van der Waals surface area contributed by atoms with E-state index in [4.69, 9.17) is 4.42 Å². The third-order valence-corrected chi connectivity index (χ3v) is 5.11. The lowest BCUT2D eigenvalue weighted by molar-refractivity contribution is 0.0970. The summed E-state index contributed by atoms with van der Waals surface area (Å²) in [5.74, 6) is -0.454. The van der Waals surface area contributed by atoms with Crippen LogP contribution < -0.4 is 10.3 Å². The second kappa shape index (κ2) is 6.38. The van der Waals surface area contributed by atoms with E-state index < -0.39 is 17.8 Å². The van der Waals surface area contributed by atoms with E-state index in [1.807, 2.05) is 13.0 Å². The molecular weight excluding hydrogens is 371 g/mol. The molecule has 1 aliphatic rings. The molecule has 1 amide bonds. The van der Waals surface area contributed by atoms with Crippen LogP contribution in [0.5, 0.6) is 0 Å². The lowest BCUT2D eigenvalue weighted by Gasteiger charge is -2.24. The fourth-order valence-electron chi connectivity index (χ4n) is 3.77. The Hall–Kier alpha value is -3.80. The average molecular weight is 386 g/mol. The van der Waals surface area contributed by atoms with Crippen LogP contribution in [-0.4, -0.2) is 10.9 Å². The number of amides is 1. The molecule has 0 saturated heterocycles. The standard InChI is InChI=1S/C23H15FN2O3/c1-13-10-11-25-18(12-13)26-20(14-6-8-15(24)9-7-14)19-21(27)16-4-2-3-5-17(16)29-22(19)23(26)28/h2-12,20H,1H3. The topological polar surface area (TPSA) is 63.4 Å². The van der Waals surface area contributed by atoms with E-state index >= 15 is 0 Å². The molecule has 1 atom stereocenters. The van der Waals surface area contributed by atoms with Crippen LogP contribution in [0.4, 0.5) is 10.2 Å². The number of aryl methyl sites for hydroxylation is 1. The van der Waals surface area contributed by atoms with Gasteiger partial charge in [0, 0.05) is 6.20 Å². The van der Waals surface area contributed by atoms with Gasteiger partial charge in [-0.05, 0) is 54.4 Å². The molecule has 1 aliphatic heterocycles. The summed E-state index contributed by atoms with van der Waals surface area (Å²) in [5, 5.41) is 0.394. The van der Waals surface area contributed by atoms with Crippen molar-refractivity contribution in [2.24, 2.45) is 0 Å². The molecule has 6 heteroatoms. The summed E-state index contributed by atoms with van der Waals surface area (Å²) < 4.78 is 19.4. The minimum atomic E-state index is -0.756. The number of anilines is 1. The first-order valence-electron chi connectivity index (χ1n) is 9.12. The van der Waals surface area contributed by atoms with Crippen LogP contribution in [0.1, 0.15) is 33.3 Å². The zero-order chi connectivity index (χ0) is 20.1. The number of hydrogen-bond donors (Lipinski definition) is 0. The highest BCUT2D eigenvalue weighted by Crippen LogP contribution is 2.40. The highest BCUT2D eigenvalue weighted by molar-refractivity contribution is 6.10. The van der Waals surface area contributed by atoms with Crippen LogP contribution in [0.3, 0.4) is 0 Å². The number of para-hydroxylation sites is 1. The van der Waals surface area contributed by atoms with Crippen molar-refractivity contribution in [2.45, 2.75) is 13.0 Å². The Morgan fingerprint density at radius 3 is 2.55 bits per heavy atom. The third-order valence-electron chi connectivity index (χ3n) is 5.11. The number of pyridine rings is 1. The summed E-state index contributed by atoms with van der Waals surface area (Å²) in [6, 6.07) is 15.4. The smallest absolute Gasteiger partial charge is 0.296 e. The number of benzene rings is 2. The number of carbonyl (C=O) groups excluding carboxylic acids is 1. The molecule has 0 aliphatic carbocycles. The maximum atomic E-state index is 13.5. The van der Waals surface area contributed by atoms with Gasteiger partial charge in [0.15, 0.2) is 5.43 Å². The van der Waals surface area contributed by atoms with Gasteiger partial charge in [0.25, 0.3) is 5.91 Å². The quantitative estimate of drug-likeness (QED) is 0.513. The maximum absolute atomic E-state index is 13.5. The number of halogens is 1. The molecule has 3 heterocycles. The van der Waals surface area contributed by atoms with Gasteiger partial charge in [0.05, 0.1) is 17.0 Å². The number of carbonyl (C=O) groups is 1. The molecule has 2 aromatic carbocycles. The van der Waals surface area contributed by atoms with Gasteiger partial charge in [0.2, 0.25) is 5.76 Å². The number of aromatic nitrogens is 1. The SMILES string of the molecule is Cc1ccnc(N2C(=O)c3oc4ccccc4c(=O)c3C2c2ccc(F)cc2)c1. The van der Waals surface area contributed by atoms with E-state index in [0.717, 1.165) is 5.56 Å². The minimum absolute atomic E-state index is 0.00803. The molecule has 1 unspecified atom stereocenters. The van der Waals surface area contributed by atoms with E-state index in [9.17, 15) is 14.0 Å². The van der Waals surface area contributed by atoms with E-state index in [0.29, 0.717) is 22.4 Å².